The van der Waals surface area contributed by atoms with Crippen molar-refractivity contribution >= 4 is 23.2 Å². The molecule has 1 aromatic heterocycles. The van der Waals surface area contributed by atoms with Crippen molar-refractivity contribution < 1.29 is 13.9 Å². The molecule has 1 atom stereocenters. The number of rotatable bonds is 3. The predicted octanol–water partition coefficient (Wildman–Crippen LogP) is 2.60. The Morgan fingerprint density at radius 2 is 2.28 bits per heavy atom. The maximum absolute atomic E-state index is 13.6. The lowest BCUT2D eigenvalue weighted by molar-refractivity contribution is -0.134. The molecule has 8 heteroatoms. The van der Waals surface area contributed by atoms with Crippen LogP contribution in [-0.4, -0.2) is 40.5 Å². The lowest BCUT2D eigenvalue weighted by Crippen LogP contribution is -2.42. The number of carbonyl (C=O) groups excluding carboxylic acids is 1. The van der Waals surface area contributed by atoms with E-state index in [0.717, 1.165) is 5.56 Å². The minimum Gasteiger partial charge on any atom is -0.394 e. The number of benzene rings is 1. The van der Waals surface area contributed by atoms with E-state index in [2.05, 4.69) is 16.5 Å². The number of carbonyl (C=O) groups is 1. The normalized spacial score (nSPS) is 17.4. The Bertz CT molecular complexity index is 830. The van der Waals surface area contributed by atoms with E-state index in [9.17, 15) is 9.18 Å². The van der Waals surface area contributed by atoms with Crippen LogP contribution in [0.5, 0.6) is 0 Å². The van der Waals surface area contributed by atoms with E-state index in [4.69, 9.17) is 22.1 Å². The van der Waals surface area contributed by atoms with Gasteiger partial charge in [-0.25, -0.2) is 4.98 Å². The molecule has 1 aliphatic heterocycles. The number of nitrogen functional groups attached to an aromatic ring is 1. The monoisotopic (exact) mass is 362 g/mol. The van der Waals surface area contributed by atoms with E-state index in [1.165, 1.54) is 12.3 Å². The number of ether oxygens (including phenoxy) is 1. The van der Waals surface area contributed by atoms with Crippen LogP contribution in [0.25, 0.3) is 11.4 Å². The van der Waals surface area contributed by atoms with Gasteiger partial charge in [0.25, 0.3) is 0 Å². The summed E-state index contributed by atoms with van der Waals surface area (Å²) in [5.74, 6) is -0.825. The summed E-state index contributed by atoms with van der Waals surface area (Å²) < 4.78 is 19.1. The molecule has 0 saturated carbocycles. The van der Waals surface area contributed by atoms with E-state index >= 15 is 0 Å². The number of amides is 1. The van der Waals surface area contributed by atoms with Gasteiger partial charge < -0.3 is 15.4 Å². The second-order valence-electron chi connectivity index (χ2n) is 5.54. The number of hydrogen-bond donors (Lipinski definition) is 1. The highest BCUT2D eigenvalue weighted by Gasteiger charge is 2.28. The zero-order chi connectivity index (χ0) is 18.0. The van der Waals surface area contributed by atoms with Gasteiger partial charge in [0.1, 0.15) is 5.69 Å². The average Bonchev–Trinajstić information content (AvgIpc) is 2.62. The lowest BCUT2D eigenvalue weighted by Gasteiger charge is -2.35. The first-order valence-electron chi connectivity index (χ1n) is 7.59. The van der Waals surface area contributed by atoms with Crippen LogP contribution in [-0.2, 0) is 9.53 Å². The van der Waals surface area contributed by atoms with Crippen LogP contribution in [0.15, 0.2) is 37.1 Å². The van der Waals surface area contributed by atoms with Crippen molar-refractivity contribution in [3.63, 3.8) is 0 Å². The molecule has 130 valence electrons. The van der Waals surface area contributed by atoms with Gasteiger partial charge in [0, 0.05) is 17.1 Å². The molecule has 0 unspecified atom stereocenters. The third-order valence-corrected chi connectivity index (χ3v) is 4.14. The molecule has 6 nitrogen and oxygen atoms in total. The number of nitrogens with zero attached hydrogens (tertiary/aromatic N) is 3. The topological polar surface area (TPSA) is 81.3 Å². The summed E-state index contributed by atoms with van der Waals surface area (Å²) in [6, 6.07) is 4.80. The van der Waals surface area contributed by atoms with Gasteiger partial charge in [0.2, 0.25) is 11.9 Å². The number of anilines is 1. The summed E-state index contributed by atoms with van der Waals surface area (Å²) in [5, 5.41) is 0.421. The fraction of sp³-hybridized carbons (Fsp3) is 0.235. The zero-order valence-electron chi connectivity index (χ0n) is 13.3. The van der Waals surface area contributed by atoms with Gasteiger partial charge in [-0.05, 0) is 29.8 Å². The Morgan fingerprint density at radius 1 is 1.48 bits per heavy atom. The second-order valence-corrected chi connectivity index (χ2v) is 5.98. The van der Waals surface area contributed by atoms with Crippen molar-refractivity contribution in [1.29, 1.82) is 0 Å². The third-order valence-electron chi connectivity index (χ3n) is 3.92. The van der Waals surface area contributed by atoms with Crippen LogP contribution < -0.4 is 5.73 Å². The SMILES string of the molecule is C=CC(=O)N1CCOC[C@H]1c1cc(Cl)cc(-c2ncc(N)c(F)n2)c1. The number of aromatic nitrogens is 2. The summed E-state index contributed by atoms with van der Waals surface area (Å²) in [4.78, 5) is 21.6. The van der Waals surface area contributed by atoms with Crippen LogP contribution in [0.3, 0.4) is 0 Å². The molecule has 2 heterocycles. The third kappa shape index (κ3) is 3.62. The van der Waals surface area contributed by atoms with Crippen molar-refractivity contribution in [2.24, 2.45) is 0 Å². The predicted molar refractivity (Wildman–Crippen MR) is 92.3 cm³/mol. The lowest BCUT2D eigenvalue weighted by atomic mass is 10.0. The van der Waals surface area contributed by atoms with Crippen molar-refractivity contribution in [3.05, 3.63) is 53.6 Å². The second kappa shape index (κ2) is 7.16. The van der Waals surface area contributed by atoms with Crippen LogP contribution in [0.2, 0.25) is 5.02 Å². The molecule has 0 radical (unpaired) electrons. The van der Waals surface area contributed by atoms with Gasteiger partial charge in [-0.2, -0.15) is 9.37 Å². The maximum Gasteiger partial charge on any atom is 0.246 e. The maximum atomic E-state index is 13.6. The molecule has 0 bridgehead atoms. The largest absolute Gasteiger partial charge is 0.394 e. The summed E-state index contributed by atoms with van der Waals surface area (Å²) >= 11 is 6.21. The molecule has 1 amide bonds. The van der Waals surface area contributed by atoms with Crippen LogP contribution in [0.1, 0.15) is 11.6 Å². The minimum absolute atomic E-state index is 0.130. The first-order chi connectivity index (χ1) is 12.0. The quantitative estimate of drug-likeness (QED) is 0.670. The fourth-order valence-electron chi connectivity index (χ4n) is 2.70. The zero-order valence-corrected chi connectivity index (χ0v) is 14.0. The smallest absolute Gasteiger partial charge is 0.246 e. The molecule has 1 aliphatic rings. The molecule has 0 aliphatic carbocycles. The van der Waals surface area contributed by atoms with E-state index < -0.39 is 5.95 Å². The summed E-state index contributed by atoms with van der Waals surface area (Å²) in [7, 11) is 0. The minimum atomic E-state index is -0.795. The fourth-order valence-corrected chi connectivity index (χ4v) is 2.95. The molecular formula is C17H16ClFN4O2. The van der Waals surface area contributed by atoms with Gasteiger partial charge in [0.05, 0.1) is 25.5 Å². The highest BCUT2D eigenvalue weighted by atomic mass is 35.5. The Hall–Kier alpha value is -2.51. The average molecular weight is 363 g/mol. The summed E-state index contributed by atoms with van der Waals surface area (Å²) in [5.41, 5.74) is 6.56. The molecule has 3 rings (SSSR count). The van der Waals surface area contributed by atoms with Crippen molar-refractivity contribution in [3.8, 4) is 11.4 Å². The molecular weight excluding hydrogens is 347 g/mol. The van der Waals surface area contributed by atoms with Gasteiger partial charge >= 0.3 is 0 Å². The molecule has 2 N–H and O–H groups in total. The molecule has 1 aromatic carbocycles. The number of morpholine rings is 1. The van der Waals surface area contributed by atoms with Gasteiger partial charge in [0.15, 0.2) is 5.82 Å². The summed E-state index contributed by atoms with van der Waals surface area (Å²) in [6.07, 6.45) is 2.47. The highest BCUT2D eigenvalue weighted by Crippen LogP contribution is 2.31. The van der Waals surface area contributed by atoms with E-state index in [0.29, 0.717) is 30.3 Å². The van der Waals surface area contributed by atoms with Gasteiger partial charge in [-0.15, -0.1) is 0 Å². The molecule has 2 aromatic rings. The van der Waals surface area contributed by atoms with Crippen molar-refractivity contribution in [2.45, 2.75) is 6.04 Å². The first-order valence-corrected chi connectivity index (χ1v) is 7.97. The van der Waals surface area contributed by atoms with Gasteiger partial charge in [-0.3, -0.25) is 4.79 Å². The van der Waals surface area contributed by atoms with E-state index in [1.54, 1.807) is 23.1 Å². The number of nitrogens with two attached hydrogens (primary N) is 1. The summed E-state index contributed by atoms with van der Waals surface area (Å²) in [6.45, 7) is 4.77. The van der Waals surface area contributed by atoms with E-state index in [-0.39, 0.29) is 23.5 Å². The van der Waals surface area contributed by atoms with Crippen molar-refractivity contribution in [2.75, 3.05) is 25.5 Å². The van der Waals surface area contributed by atoms with Crippen molar-refractivity contribution in [1.82, 2.24) is 14.9 Å². The molecule has 1 saturated heterocycles. The molecule has 0 spiro atoms. The van der Waals surface area contributed by atoms with E-state index in [1.807, 2.05) is 0 Å². The Balaban J connectivity index is 2.02. The molecule has 1 fully saturated rings. The highest BCUT2D eigenvalue weighted by molar-refractivity contribution is 6.31. The van der Waals surface area contributed by atoms with Crippen LogP contribution in [0.4, 0.5) is 10.1 Å². The standard InChI is InChI=1S/C17H16ClFN4O2/c1-2-15(24)23-3-4-25-9-14(23)10-5-11(7-12(18)6-10)17-21-8-13(20)16(19)22-17/h2,5-8,14H,1,3-4,9,20H2/t14-/m0/s1. The van der Waals surface area contributed by atoms with Crippen LogP contribution >= 0.6 is 11.6 Å². The van der Waals surface area contributed by atoms with Crippen LogP contribution in [0, 0.1) is 5.95 Å². The number of halogens is 2. The Kier molecular flexibility index (Phi) is 4.96. The first kappa shape index (κ1) is 17.3. The van der Waals surface area contributed by atoms with Gasteiger partial charge in [-0.1, -0.05) is 18.2 Å². The Morgan fingerprint density at radius 3 is 3.00 bits per heavy atom. The molecule has 25 heavy (non-hydrogen) atoms. The number of hydrogen-bond acceptors (Lipinski definition) is 5. The Labute approximate surface area is 149 Å².